The van der Waals surface area contributed by atoms with Gasteiger partial charge >= 0.3 is 11.9 Å². The fraction of sp³-hybridized carbons (Fsp3) is 0.467. The SMILES string of the molecule is COC(=O)C(C)(Cc1cc(OC)cc(OC)c1)C(=O)OC. The zero-order valence-corrected chi connectivity index (χ0v) is 12.9. The van der Waals surface area contributed by atoms with Crippen LogP contribution in [0.5, 0.6) is 11.5 Å². The Kier molecular flexibility index (Phi) is 5.58. The highest BCUT2D eigenvalue weighted by atomic mass is 16.5. The van der Waals surface area contributed by atoms with Crippen LogP contribution in [0, 0.1) is 5.41 Å². The minimum Gasteiger partial charge on any atom is -0.497 e. The molecule has 0 heterocycles. The van der Waals surface area contributed by atoms with Gasteiger partial charge in [-0.3, -0.25) is 9.59 Å². The summed E-state index contributed by atoms with van der Waals surface area (Å²) in [6, 6.07) is 5.16. The van der Waals surface area contributed by atoms with Gasteiger partial charge in [-0.15, -0.1) is 0 Å². The second-order valence-electron chi connectivity index (χ2n) is 4.71. The number of carbonyl (C=O) groups is 2. The molecule has 0 aromatic heterocycles. The van der Waals surface area contributed by atoms with Crippen molar-refractivity contribution >= 4 is 11.9 Å². The summed E-state index contributed by atoms with van der Waals surface area (Å²) in [5, 5.41) is 0. The Morgan fingerprint density at radius 3 is 1.67 bits per heavy atom. The molecule has 6 nitrogen and oxygen atoms in total. The Hall–Kier alpha value is -2.24. The van der Waals surface area contributed by atoms with Crippen LogP contribution >= 0.6 is 0 Å². The van der Waals surface area contributed by atoms with Gasteiger partial charge in [0.1, 0.15) is 11.5 Å². The first-order valence-corrected chi connectivity index (χ1v) is 6.30. The Balaban J connectivity index is 3.20. The Labute approximate surface area is 123 Å². The van der Waals surface area contributed by atoms with Gasteiger partial charge in [0.25, 0.3) is 0 Å². The van der Waals surface area contributed by atoms with Crippen LogP contribution in [0.2, 0.25) is 0 Å². The van der Waals surface area contributed by atoms with E-state index in [0.717, 1.165) is 0 Å². The molecule has 6 heteroatoms. The minimum absolute atomic E-state index is 0.111. The molecule has 0 fully saturated rings. The van der Waals surface area contributed by atoms with Gasteiger partial charge < -0.3 is 18.9 Å². The van der Waals surface area contributed by atoms with E-state index in [-0.39, 0.29) is 6.42 Å². The maximum Gasteiger partial charge on any atom is 0.323 e. The molecule has 0 unspecified atom stereocenters. The molecule has 0 spiro atoms. The quantitative estimate of drug-likeness (QED) is 0.586. The van der Waals surface area contributed by atoms with E-state index in [1.807, 2.05) is 0 Å². The van der Waals surface area contributed by atoms with E-state index in [1.165, 1.54) is 35.4 Å². The molecule has 1 aromatic rings. The Morgan fingerprint density at radius 1 is 0.905 bits per heavy atom. The monoisotopic (exact) mass is 296 g/mol. The van der Waals surface area contributed by atoms with Gasteiger partial charge in [0.05, 0.1) is 28.4 Å². The van der Waals surface area contributed by atoms with Crippen molar-refractivity contribution in [2.45, 2.75) is 13.3 Å². The molecular weight excluding hydrogens is 276 g/mol. The normalized spacial score (nSPS) is 10.7. The molecule has 0 N–H and O–H groups in total. The number of benzene rings is 1. The van der Waals surface area contributed by atoms with E-state index < -0.39 is 17.4 Å². The largest absolute Gasteiger partial charge is 0.497 e. The van der Waals surface area contributed by atoms with E-state index in [4.69, 9.17) is 18.9 Å². The van der Waals surface area contributed by atoms with Crippen molar-refractivity contribution in [3.8, 4) is 11.5 Å². The zero-order valence-electron chi connectivity index (χ0n) is 12.9. The molecule has 116 valence electrons. The van der Waals surface area contributed by atoms with Crippen molar-refractivity contribution in [1.82, 2.24) is 0 Å². The smallest absolute Gasteiger partial charge is 0.323 e. The fourth-order valence-corrected chi connectivity index (χ4v) is 2.05. The molecule has 0 saturated carbocycles. The highest BCUT2D eigenvalue weighted by molar-refractivity contribution is 5.99. The lowest BCUT2D eigenvalue weighted by atomic mass is 9.83. The number of carbonyl (C=O) groups excluding carboxylic acids is 2. The molecule has 0 amide bonds. The second kappa shape index (κ2) is 6.97. The average molecular weight is 296 g/mol. The summed E-state index contributed by atoms with van der Waals surface area (Å²) >= 11 is 0. The summed E-state index contributed by atoms with van der Waals surface area (Å²) in [5.41, 5.74) is -0.731. The lowest BCUT2D eigenvalue weighted by molar-refractivity contribution is -0.167. The summed E-state index contributed by atoms with van der Waals surface area (Å²) in [4.78, 5) is 23.9. The van der Waals surface area contributed by atoms with E-state index >= 15 is 0 Å². The maximum absolute atomic E-state index is 12.0. The van der Waals surface area contributed by atoms with Crippen molar-refractivity contribution < 1.29 is 28.5 Å². The van der Waals surface area contributed by atoms with Crippen LogP contribution in [0.3, 0.4) is 0 Å². The summed E-state index contributed by atoms with van der Waals surface area (Å²) in [7, 11) is 5.52. The van der Waals surface area contributed by atoms with E-state index in [0.29, 0.717) is 17.1 Å². The van der Waals surface area contributed by atoms with Gasteiger partial charge in [0.2, 0.25) is 0 Å². The average Bonchev–Trinajstić information content (AvgIpc) is 2.52. The lowest BCUT2D eigenvalue weighted by Crippen LogP contribution is -2.40. The van der Waals surface area contributed by atoms with E-state index in [2.05, 4.69) is 0 Å². The van der Waals surface area contributed by atoms with Crippen molar-refractivity contribution in [2.75, 3.05) is 28.4 Å². The topological polar surface area (TPSA) is 71.1 Å². The summed E-state index contributed by atoms with van der Waals surface area (Å²) < 4.78 is 19.8. The van der Waals surface area contributed by atoms with Gasteiger partial charge in [0.15, 0.2) is 5.41 Å². The van der Waals surface area contributed by atoms with Gasteiger partial charge in [-0.1, -0.05) is 0 Å². The summed E-state index contributed by atoms with van der Waals surface area (Å²) in [6.07, 6.45) is 0.111. The number of hydrogen-bond acceptors (Lipinski definition) is 6. The molecule has 0 aliphatic rings. The molecule has 0 aliphatic heterocycles. The fourth-order valence-electron chi connectivity index (χ4n) is 2.05. The maximum atomic E-state index is 12.0. The van der Waals surface area contributed by atoms with Crippen molar-refractivity contribution in [1.29, 1.82) is 0 Å². The van der Waals surface area contributed by atoms with Crippen LogP contribution in [-0.4, -0.2) is 40.4 Å². The Bertz CT molecular complexity index is 485. The van der Waals surface area contributed by atoms with Gasteiger partial charge in [-0.05, 0) is 31.0 Å². The van der Waals surface area contributed by atoms with Gasteiger partial charge in [-0.25, -0.2) is 0 Å². The van der Waals surface area contributed by atoms with Crippen LogP contribution in [0.25, 0.3) is 0 Å². The molecule has 0 radical (unpaired) electrons. The number of ether oxygens (including phenoxy) is 4. The molecule has 0 aliphatic carbocycles. The third-order valence-corrected chi connectivity index (χ3v) is 3.24. The van der Waals surface area contributed by atoms with Crippen molar-refractivity contribution in [3.63, 3.8) is 0 Å². The predicted molar refractivity (Wildman–Crippen MR) is 75.4 cm³/mol. The first-order valence-electron chi connectivity index (χ1n) is 6.30. The van der Waals surface area contributed by atoms with Crippen LogP contribution in [-0.2, 0) is 25.5 Å². The highest BCUT2D eigenvalue weighted by Crippen LogP contribution is 2.30. The zero-order chi connectivity index (χ0) is 16.0. The van der Waals surface area contributed by atoms with E-state index in [9.17, 15) is 9.59 Å². The standard InChI is InChI=1S/C15H20O6/c1-15(13(16)20-4,14(17)21-5)9-10-6-11(18-2)8-12(7-10)19-3/h6-8H,9H2,1-5H3. The Morgan fingerprint density at radius 2 is 1.33 bits per heavy atom. The summed E-state index contributed by atoms with van der Waals surface area (Å²) in [5.74, 6) is -0.171. The van der Waals surface area contributed by atoms with E-state index in [1.54, 1.807) is 18.2 Å². The van der Waals surface area contributed by atoms with Crippen LogP contribution in [0.1, 0.15) is 12.5 Å². The first kappa shape index (κ1) is 16.8. The third-order valence-electron chi connectivity index (χ3n) is 3.24. The van der Waals surface area contributed by atoms with Crippen LogP contribution < -0.4 is 9.47 Å². The van der Waals surface area contributed by atoms with Gasteiger partial charge in [-0.2, -0.15) is 0 Å². The molecule has 21 heavy (non-hydrogen) atoms. The molecule has 1 rings (SSSR count). The van der Waals surface area contributed by atoms with Crippen LogP contribution in [0.4, 0.5) is 0 Å². The van der Waals surface area contributed by atoms with Crippen molar-refractivity contribution in [3.05, 3.63) is 23.8 Å². The highest BCUT2D eigenvalue weighted by Gasteiger charge is 2.43. The molecule has 0 bridgehead atoms. The van der Waals surface area contributed by atoms with Crippen LogP contribution in [0.15, 0.2) is 18.2 Å². The van der Waals surface area contributed by atoms with Gasteiger partial charge in [0, 0.05) is 6.07 Å². The summed E-state index contributed by atoms with van der Waals surface area (Å²) in [6.45, 7) is 1.48. The predicted octanol–water partition coefficient (Wildman–Crippen LogP) is 1.60. The third kappa shape index (κ3) is 3.65. The lowest BCUT2D eigenvalue weighted by Gasteiger charge is -2.24. The number of methoxy groups -OCH3 is 4. The van der Waals surface area contributed by atoms with Crippen molar-refractivity contribution in [2.24, 2.45) is 5.41 Å². The molecular formula is C15H20O6. The number of esters is 2. The number of rotatable bonds is 6. The first-order chi connectivity index (χ1) is 9.90. The molecule has 1 aromatic carbocycles. The number of hydrogen-bond donors (Lipinski definition) is 0. The molecule has 0 atom stereocenters. The minimum atomic E-state index is -1.43. The molecule has 0 saturated heterocycles. The second-order valence-corrected chi connectivity index (χ2v) is 4.71.